The Morgan fingerprint density at radius 1 is 1.00 bits per heavy atom. The summed E-state index contributed by atoms with van der Waals surface area (Å²) in [7, 11) is 0. The van der Waals surface area contributed by atoms with Gasteiger partial charge in [-0.25, -0.2) is 5.01 Å². The van der Waals surface area contributed by atoms with Crippen molar-refractivity contribution in [3.8, 4) is 0 Å². The first-order valence-corrected chi connectivity index (χ1v) is 15.2. The molecule has 1 aliphatic carbocycles. The number of nitro benzene ring substituents is 1. The number of nitro groups is 1. The fourth-order valence-electron chi connectivity index (χ4n) is 5.93. The van der Waals surface area contributed by atoms with Gasteiger partial charge in [-0.2, -0.15) is 5.10 Å². The molecule has 3 aromatic rings. The van der Waals surface area contributed by atoms with Crippen molar-refractivity contribution in [1.82, 2.24) is 5.01 Å². The molecular formula is C31H28Br2N4O4. The molecule has 0 unspecified atom stereocenters. The first-order chi connectivity index (χ1) is 19.9. The summed E-state index contributed by atoms with van der Waals surface area (Å²) < 4.78 is 7.38. The fourth-order valence-corrected chi connectivity index (χ4v) is 6.46. The molecule has 2 aliphatic heterocycles. The average Bonchev–Trinajstić information content (AvgIpc) is 3.39. The lowest BCUT2D eigenvalue weighted by Crippen LogP contribution is -2.36. The highest BCUT2D eigenvalue weighted by molar-refractivity contribution is 9.10. The molecule has 0 N–H and O–H groups in total. The van der Waals surface area contributed by atoms with Crippen molar-refractivity contribution in [3.05, 3.63) is 108 Å². The summed E-state index contributed by atoms with van der Waals surface area (Å²) in [6, 6.07) is 20.6. The Labute approximate surface area is 255 Å². The standard InChI is InChI=1S/C31H28Br2N4O4/c32-24-9-4-20(5-10-24)18-22-2-1-3-26-29(22)34-36(30(26)21-6-11-25(33)12-7-21)31(38)23-8-13-27(28(19-23)37(39)40)35-14-16-41-17-15-35/h4-13,18-19,26,30H,1-3,14-17H2/b22-18-/t26-,30-/m1/s1. The third-order valence-electron chi connectivity index (χ3n) is 7.90. The van der Waals surface area contributed by atoms with Crippen molar-refractivity contribution in [2.75, 3.05) is 31.2 Å². The van der Waals surface area contributed by atoms with Crippen molar-refractivity contribution in [2.24, 2.45) is 11.0 Å². The highest BCUT2D eigenvalue weighted by Crippen LogP contribution is 2.45. The monoisotopic (exact) mass is 678 g/mol. The van der Waals surface area contributed by atoms with E-state index in [-0.39, 0.29) is 29.1 Å². The summed E-state index contributed by atoms with van der Waals surface area (Å²) in [6.07, 6.45) is 4.92. The molecule has 2 fully saturated rings. The number of carbonyl (C=O) groups excluding carboxylic acids is 1. The Hall–Kier alpha value is -3.34. The van der Waals surface area contributed by atoms with Crippen molar-refractivity contribution in [1.29, 1.82) is 0 Å². The van der Waals surface area contributed by atoms with Gasteiger partial charge in [0.05, 0.1) is 29.9 Å². The summed E-state index contributed by atoms with van der Waals surface area (Å²) in [5.74, 6) is -0.322. The zero-order chi connectivity index (χ0) is 28.5. The first-order valence-electron chi connectivity index (χ1n) is 13.6. The van der Waals surface area contributed by atoms with Gasteiger partial charge in [0, 0.05) is 39.6 Å². The van der Waals surface area contributed by atoms with Crippen molar-refractivity contribution < 1.29 is 14.5 Å². The molecule has 8 nitrogen and oxygen atoms in total. The average molecular weight is 680 g/mol. The normalized spacial score (nSPS) is 21.5. The van der Waals surface area contributed by atoms with Gasteiger partial charge < -0.3 is 9.64 Å². The first kappa shape index (κ1) is 27.8. The highest BCUT2D eigenvalue weighted by Gasteiger charge is 2.44. The Balaban J connectivity index is 1.40. The Bertz CT molecular complexity index is 1530. The van der Waals surface area contributed by atoms with Crippen LogP contribution in [0.25, 0.3) is 6.08 Å². The predicted molar refractivity (Wildman–Crippen MR) is 166 cm³/mol. The number of fused-ring (bicyclic) bond motifs is 1. The molecule has 0 radical (unpaired) electrons. The number of rotatable bonds is 5. The summed E-state index contributed by atoms with van der Waals surface area (Å²) in [5.41, 5.74) is 4.76. The lowest BCUT2D eigenvalue weighted by atomic mass is 9.77. The van der Waals surface area contributed by atoms with E-state index in [1.54, 1.807) is 17.1 Å². The van der Waals surface area contributed by atoms with Crippen molar-refractivity contribution >= 4 is 60.9 Å². The molecule has 2 atom stereocenters. The third-order valence-corrected chi connectivity index (χ3v) is 8.96. The van der Waals surface area contributed by atoms with Crippen LogP contribution in [-0.4, -0.2) is 47.9 Å². The van der Waals surface area contributed by atoms with Gasteiger partial charge in [-0.1, -0.05) is 56.1 Å². The number of carbonyl (C=O) groups is 1. The number of ether oxygens (including phenoxy) is 1. The summed E-state index contributed by atoms with van der Waals surface area (Å²) >= 11 is 7.02. The molecule has 0 spiro atoms. The minimum absolute atomic E-state index is 0.0261. The minimum Gasteiger partial charge on any atom is -0.378 e. The Morgan fingerprint density at radius 3 is 2.37 bits per heavy atom. The van der Waals surface area contributed by atoms with Gasteiger partial charge in [-0.3, -0.25) is 14.9 Å². The molecule has 6 rings (SSSR count). The van der Waals surface area contributed by atoms with Gasteiger partial charge in [0.15, 0.2) is 0 Å². The van der Waals surface area contributed by atoms with E-state index in [4.69, 9.17) is 9.84 Å². The zero-order valence-corrected chi connectivity index (χ0v) is 25.4. The third kappa shape index (κ3) is 5.73. The fraction of sp³-hybridized carbons (Fsp3) is 0.290. The number of benzene rings is 3. The maximum absolute atomic E-state index is 14.1. The van der Waals surface area contributed by atoms with Gasteiger partial charge >= 0.3 is 0 Å². The molecular weight excluding hydrogens is 652 g/mol. The lowest BCUT2D eigenvalue weighted by Gasteiger charge is -2.30. The van der Waals surface area contributed by atoms with Crippen molar-refractivity contribution in [2.45, 2.75) is 25.3 Å². The van der Waals surface area contributed by atoms with E-state index < -0.39 is 4.92 Å². The maximum atomic E-state index is 14.1. The number of hydrogen-bond donors (Lipinski definition) is 0. The number of morpholine rings is 1. The highest BCUT2D eigenvalue weighted by atomic mass is 79.9. The van der Waals surface area contributed by atoms with E-state index >= 15 is 0 Å². The van der Waals surface area contributed by atoms with Crippen LogP contribution < -0.4 is 4.90 Å². The van der Waals surface area contributed by atoms with Gasteiger partial charge in [-0.15, -0.1) is 0 Å². The number of halogens is 2. The van der Waals surface area contributed by atoms with Gasteiger partial charge in [0.2, 0.25) is 0 Å². The van der Waals surface area contributed by atoms with Crippen molar-refractivity contribution in [3.63, 3.8) is 0 Å². The molecule has 1 amide bonds. The van der Waals surface area contributed by atoms with E-state index in [9.17, 15) is 14.9 Å². The molecule has 210 valence electrons. The summed E-state index contributed by atoms with van der Waals surface area (Å²) in [6.45, 7) is 2.15. The Kier molecular flexibility index (Phi) is 8.05. The van der Waals surface area contributed by atoms with Crippen LogP contribution in [0.4, 0.5) is 11.4 Å². The molecule has 41 heavy (non-hydrogen) atoms. The SMILES string of the molecule is O=C(c1ccc(N2CCOCC2)c([N+](=O)[O-])c1)N1N=C2/C(=C\c3ccc(Br)cc3)CCC[C@H]2[C@H]1c1ccc(Br)cc1. The van der Waals surface area contributed by atoms with E-state index in [1.807, 2.05) is 41.3 Å². The molecule has 1 saturated heterocycles. The molecule has 0 aromatic heterocycles. The second-order valence-corrected chi connectivity index (χ2v) is 12.2. The molecule has 3 aromatic carbocycles. The van der Waals surface area contributed by atoms with Crippen LogP contribution >= 0.6 is 31.9 Å². The number of hydrogen-bond acceptors (Lipinski definition) is 6. The largest absolute Gasteiger partial charge is 0.378 e. The zero-order valence-electron chi connectivity index (χ0n) is 22.2. The lowest BCUT2D eigenvalue weighted by molar-refractivity contribution is -0.384. The number of anilines is 1. The molecule has 2 heterocycles. The van der Waals surface area contributed by atoms with Gasteiger partial charge in [-0.05, 0) is 78.4 Å². The smallest absolute Gasteiger partial charge is 0.293 e. The van der Waals surface area contributed by atoms with E-state index in [0.29, 0.717) is 32.0 Å². The topological polar surface area (TPSA) is 88.3 Å². The van der Waals surface area contributed by atoms with Crippen LogP contribution in [0.5, 0.6) is 0 Å². The number of allylic oxidation sites excluding steroid dienone is 1. The van der Waals surface area contributed by atoms with Gasteiger partial charge in [0.1, 0.15) is 5.69 Å². The van der Waals surface area contributed by atoms with E-state index in [0.717, 1.165) is 50.6 Å². The van der Waals surface area contributed by atoms with E-state index in [2.05, 4.69) is 50.1 Å². The molecule has 0 bridgehead atoms. The van der Waals surface area contributed by atoms with Crippen LogP contribution in [0.2, 0.25) is 0 Å². The van der Waals surface area contributed by atoms with Crippen LogP contribution in [-0.2, 0) is 4.74 Å². The number of nitrogens with zero attached hydrogens (tertiary/aromatic N) is 4. The number of amides is 1. The summed E-state index contributed by atoms with van der Waals surface area (Å²) in [5, 5.41) is 18.6. The second kappa shape index (κ2) is 11.9. The van der Waals surface area contributed by atoms with Crippen LogP contribution in [0.3, 0.4) is 0 Å². The minimum atomic E-state index is -0.414. The summed E-state index contributed by atoms with van der Waals surface area (Å²) in [4.78, 5) is 27.8. The quantitative estimate of drug-likeness (QED) is 0.207. The Morgan fingerprint density at radius 2 is 1.68 bits per heavy atom. The van der Waals surface area contributed by atoms with Crippen LogP contribution in [0, 0.1) is 16.0 Å². The molecule has 10 heteroatoms. The molecule has 3 aliphatic rings. The van der Waals surface area contributed by atoms with E-state index in [1.165, 1.54) is 6.07 Å². The predicted octanol–water partition coefficient (Wildman–Crippen LogP) is 7.39. The second-order valence-electron chi connectivity index (χ2n) is 10.4. The van der Waals surface area contributed by atoms with Crippen LogP contribution in [0.15, 0.2) is 86.3 Å². The van der Waals surface area contributed by atoms with Gasteiger partial charge in [0.25, 0.3) is 11.6 Å². The van der Waals surface area contributed by atoms with Crippen LogP contribution in [0.1, 0.15) is 46.8 Å². The maximum Gasteiger partial charge on any atom is 0.293 e. The number of hydrazone groups is 1. The molecule has 1 saturated carbocycles.